The number of ether oxygens (including phenoxy) is 6. The number of carbonyl (C=O) groups is 1. The number of aromatic carboxylic acids is 1. The van der Waals surface area contributed by atoms with Gasteiger partial charge in [-0.25, -0.2) is 14.8 Å². The zero-order chi connectivity index (χ0) is 49.5. The third-order valence-electron chi connectivity index (χ3n) is 8.04. The maximum Gasteiger partial charge on any atom is 0.417 e. The molecule has 0 fully saturated rings. The van der Waals surface area contributed by atoms with E-state index >= 15 is 0 Å². The van der Waals surface area contributed by atoms with Gasteiger partial charge in [0.2, 0.25) is 11.8 Å². The van der Waals surface area contributed by atoms with Crippen molar-refractivity contribution in [2.45, 2.75) is 38.8 Å². The first-order valence-electron chi connectivity index (χ1n) is 19.1. The fourth-order valence-corrected chi connectivity index (χ4v) is 5.79. The van der Waals surface area contributed by atoms with Crippen molar-refractivity contribution in [3.8, 4) is 46.2 Å². The molecule has 0 bridgehead atoms. The van der Waals surface area contributed by atoms with E-state index in [0.717, 1.165) is 23.9 Å². The van der Waals surface area contributed by atoms with Gasteiger partial charge in [-0.2, -0.15) is 18.2 Å². The average Bonchev–Trinajstić information content (AvgIpc) is 3.76. The highest BCUT2D eigenvalue weighted by Crippen LogP contribution is 2.39. The minimum absolute atomic E-state index is 0.0630. The number of aryl methyl sites for hydroxylation is 2. The van der Waals surface area contributed by atoms with Gasteiger partial charge in [-0.1, -0.05) is 86.0 Å². The maximum absolute atomic E-state index is 12.6. The highest BCUT2D eigenvalue weighted by Gasteiger charge is 2.30. The van der Waals surface area contributed by atoms with Crippen LogP contribution < -0.4 is 34.2 Å². The maximum atomic E-state index is 12.6. The predicted molar refractivity (Wildman–Crippen MR) is 247 cm³/mol. The molecule has 16 nitrogen and oxygen atoms in total. The van der Waals surface area contributed by atoms with Gasteiger partial charge in [-0.15, -0.1) is 0 Å². The minimum atomic E-state index is -4.45. The number of hydrogen-bond donors (Lipinski definition) is 3. The number of rotatable bonds is 20. The second-order valence-corrected chi connectivity index (χ2v) is 15.8. The molecular weight excluding hydrogens is 1020 g/mol. The van der Waals surface area contributed by atoms with Gasteiger partial charge in [0, 0.05) is 49.5 Å². The number of carboxylic acid groups (broad SMARTS) is 1. The Labute approximate surface area is 411 Å². The summed E-state index contributed by atoms with van der Waals surface area (Å²) in [6.07, 6.45) is 2.97. The number of amidine groups is 1. The smallest absolute Gasteiger partial charge is 0.417 e. The standard InChI is InChI=1S/C21H17Cl3F3N3O4.C11H9Cl3O4.C10H15N3O2/c1-31-19-14(9-13(10-15(19)22)32-8-6-16(23)24)20-29-17(30-34-20)3-2-7-33-18-5-4-12(11-28-18)21(25,26)27;1-17-10-7(11(15)16)4-6(5-8(10)12)18-3-2-9(13)14;1-8-4-5-10(12-7-8)15-6-2-3-9(11)13-14/h4-6,9-11H,2-3,7-8H2,1H3;2,4-5H,3H2,1H3,(H,15,16);4-5,7,14H,2-3,6H2,1H3,(H2,11,13). The number of benzene rings is 2. The summed E-state index contributed by atoms with van der Waals surface area (Å²) in [6, 6.07) is 11.8. The van der Waals surface area contributed by atoms with Crippen LogP contribution in [0.5, 0.6) is 34.8 Å². The summed E-state index contributed by atoms with van der Waals surface area (Å²) < 4.78 is 75.0. The first kappa shape index (κ1) is 55.8. The first-order chi connectivity index (χ1) is 31.8. The van der Waals surface area contributed by atoms with Crippen LogP contribution in [0.25, 0.3) is 11.5 Å². The Morgan fingerprint density at radius 1 is 0.821 bits per heavy atom. The Bertz CT molecular complexity index is 2440. The molecule has 0 saturated heterocycles. The van der Waals surface area contributed by atoms with Gasteiger partial charge in [0.25, 0.3) is 5.89 Å². The van der Waals surface area contributed by atoms with Gasteiger partial charge >= 0.3 is 12.1 Å². The third kappa shape index (κ3) is 20.1. The topological polar surface area (TPSA) is 216 Å². The highest BCUT2D eigenvalue weighted by molar-refractivity contribution is 6.56. The van der Waals surface area contributed by atoms with Crippen LogP contribution in [0.4, 0.5) is 13.2 Å². The van der Waals surface area contributed by atoms with Crippen LogP contribution in [0.2, 0.25) is 10.0 Å². The van der Waals surface area contributed by atoms with Gasteiger partial charge in [0.05, 0.1) is 48.6 Å². The number of methoxy groups -OCH3 is 2. The molecule has 5 aromatic rings. The number of pyridine rings is 2. The largest absolute Gasteiger partial charge is 0.494 e. The number of hydrogen-bond acceptors (Lipinski definition) is 14. The van der Waals surface area contributed by atoms with Crippen LogP contribution in [-0.4, -0.2) is 82.9 Å². The third-order valence-corrected chi connectivity index (χ3v) is 9.22. The molecule has 0 amide bonds. The lowest BCUT2D eigenvalue weighted by molar-refractivity contribution is -0.137. The highest BCUT2D eigenvalue weighted by atomic mass is 35.5. The number of halogens is 9. The summed E-state index contributed by atoms with van der Waals surface area (Å²) in [5.41, 5.74) is 5.90. The van der Waals surface area contributed by atoms with Crippen LogP contribution in [-0.2, 0) is 12.6 Å². The fraction of sp³-hybridized carbons (Fsp3) is 0.286. The van der Waals surface area contributed by atoms with E-state index in [2.05, 4.69) is 25.3 Å². The van der Waals surface area contributed by atoms with E-state index in [0.29, 0.717) is 61.1 Å². The Balaban J connectivity index is 0.000000301. The lowest BCUT2D eigenvalue weighted by Gasteiger charge is -2.11. The van der Waals surface area contributed by atoms with E-state index in [1.54, 1.807) is 18.3 Å². The number of nitrogens with zero attached hydrogens (tertiary/aromatic N) is 5. The minimum Gasteiger partial charge on any atom is -0.494 e. The van der Waals surface area contributed by atoms with Crippen molar-refractivity contribution in [3.05, 3.63) is 115 Å². The molecule has 0 spiro atoms. The van der Waals surface area contributed by atoms with E-state index in [1.807, 2.05) is 19.1 Å². The van der Waals surface area contributed by atoms with Crippen LogP contribution in [0.1, 0.15) is 46.6 Å². The molecule has 0 aliphatic heterocycles. The Morgan fingerprint density at radius 2 is 1.39 bits per heavy atom. The predicted octanol–water partition coefficient (Wildman–Crippen LogP) is 11.6. The van der Waals surface area contributed by atoms with Gasteiger partial charge in [0.1, 0.15) is 50.8 Å². The molecule has 3 aromatic heterocycles. The molecule has 5 rings (SSSR count). The molecule has 0 unspecified atom stereocenters. The van der Waals surface area contributed by atoms with Gasteiger partial charge in [-0.3, -0.25) is 0 Å². The summed E-state index contributed by atoms with van der Waals surface area (Å²) in [4.78, 5) is 23.1. The Hall–Kier alpha value is -5.57. The van der Waals surface area contributed by atoms with Crippen LogP contribution in [0, 0.1) is 6.92 Å². The molecule has 0 radical (unpaired) electrons. The fourth-order valence-electron chi connectivity index (χ4n) is 4.96. The van der Waals surface area contributed by atoms with Crippen LogP contribution in [0.3, 0.4) is 0 Å². The van der Waals surface area contributed by atoms with Gasteiger partial charge < -0.3 is 49.0 Å². The number of nitrogens with two attached hydrogens (primary N) is 1. The van der Waals surface area contributed by atoms with Crippen LogP contribution in [0.15, 0.2) is 91.7 Å². The number of aromatic nitrogens is 4. The Kier molecular flexibility index (Phi) is 23.8. The van der Waals surface area contributed by atoms with Crippen molar-refractivity contribution in [2.24, 2.45) is 10.9 Å². The second kappa shape index (κ2) is 28.6. The van der Waals surface area contributed by atoms with Crippen molar-refractivity contribution in [1.82, 2.24) is 20.1 Å². The van der Waals surface area contributed by atoms with Crippen molar-refractivity contribution in [2.75, 3.05) is 40.6 Å². The molecule has 0 saturated carbocycles. The molecule has 25 heteroatoms. The Morgan fingerprint density at radius 3 is 1.90 bits per heavy atom. The zero-order valence-electron chi connectivity index (χ0n) is 35.5. The summed E-state index contributed by atoms with van der Waals surface area (Å²) in [7, 11) is 2.79. The van der Waals surface area contributed by atoms with E-state index in [1.165, 1.54) is 38.5 Å². The number of alkyl halides is 3. The molecule has 0 atom stereocenters. The van der Waals surface area contributed by atoms with Crippen molar-refractivity contribution in [1.29, 1.82) is 0 Å². The molecule has 4 N–H and O–H groups in total. The van der Waals surface area contributed by atoms with E-state index < -0.39 is 17.7 Å². The number of carboxylic acids is 1. The second-order valence-electron chi connectivity index (χ2n) is 13.0. The van der Waals surface area contributed by atoms with Crippen molar-refractivity contribution < 1.29 is 61.2 Å². The SMILES string of the molecule is COc1c(Cl)cc(OCC=C(Cl)Cl)cc1-c1nc(CCCOc2ccc(C(F)(F)F)cn2)no1.COc1c(Cl)cc(OCC=C(Cl)Cl)cc1C(=O)O.Cc1ccc(OCCC/C(N)=N/O)nc1. The quantitative estimate of drug-likeness (QED) is 0.0217. The average molecular weight is 1060 g/mol. The lowest BCUT2D eigenvalue weighted by atomic mass is 10.2. The summed E-state index contributed by atoms with van der Waals surface area (Å²) >= 11 is 34.1. The first-order valence-corrected chi connectivity index (χ1v) is 21.4. The molecule has 0 aliphatic carbocycles. The molecule has 362 valence electrons. The van der Waals surface area contributed by atoms with Crippen LogP contribution >= 0.6 is 69.6 Å². The van der Waals surface area contributed by atoms with Crippen molar-refractivity contribution >= 4 is 81.4 Å². The van der Waals surface area contributed by atoms with E-state index in [9.17, 15) is 18.0 Å². The van der Waals surface area contributed by atoms with E-state index in [-0.39, 0.29) is 73.5 Å². The zero-order valence-corrected chi connectivity index (χ0v) is 40.0. The van der Waals surface area contributed by atoms with Gasteiger partial charge in [-0.05, 0) is 55.7 Å². The summed E-state index contributed by atoms with van der Waals surface area (Å²) in [5.74, 6) is 1.39. The molecule has 0 aliphatic rings. The van der Waals surface area contributed by atoms with Crippen molar-refractivity contribution in [3.63, 3.8) is 0 Å². The normalized spacial score (nSPS) is 10.9. The molecule has 67 heavy (non-hydrogen) atoms. The molecular formula is C42H41Cl6F3N6O10. The number of oxime groups is 1. The van der Waals surface area contributed by atoms with Gasteiger partial charge in [0.15, 0.2) is 11.6 Å². The summed E-state index contributed by atoms with van der Waals surface area (Å²) in [6.45, 7) is 2.89. The lowest BCUT2D eigenvalue weighted by Crippen LogP contribution is -2.12. The molecule has 2 aromatic carbocycles. The monoisotopic (exact) mass is 1060 g/mol. The summed E-state index contributed by atoms with van der Waals surface area (Å²) in [5, 5.41) is 24.5. The molecule has 3 heterocycles. The van der Waals surface area contributed by atoms with E-state index in [4.69, 9.17) is 119 Å².